The van der Waals surface area contributed by atoms with E-state index >= 15 is 0 Å². The molecule has 2 spiro atoms. The molecular weight excluding hydrogens is 592 g/mol. The highest BCUT2D eigenvalue weighted by molar-refractivity contribution is 5.46. The number of para-hydroxylation sites is 1. The van der Waals surface area contributed by atoms with Crippen molar-refractivity contribution in [2.45, 2.75) is 66.2 Å². The number of pyridine rings is 1. The zero-order valence-electron chi connectivity index (χ0n) is 31.0. The highest BCUT2D eigenvalue weighted by Crippen LogP contribution is 2.39. The molecule has 0 amide bonds. The van der Waals surface area contributed by atoms with Gasteiger partial charge in [-0.2, -0.15) is 0 Å². The van der Waals surface area contributed by atoms with Gasteiger partial charge in [0.2, 0.25) is 0 Å². The summed E-state index contributed by atoms with van der Waals surface area (Å²) in [6.45, 7) is 27.8. The third-order valence-electron chi connectivity index (χ3n) is 11.7. The second-order valence-corrected chi connectivity index (χ2v) is 14.8. The maximum Gasteiger partial charge on any atom is 0.128 e. The van der Waals surface area contributed by atoms with Crippen molar-refractivity contribution < 1.29 is 0 Å². The molecule has 0 bridgehead atoms. The van der Waals surface area contributed by atoms with Gasteiger partial charge >= 0.3 is 0 Å². The average molecular weight is 661 g/mol. The van der Waals surface area contributed by atoms with E-state index in [9.17, 15) is 0 Å². The predicted octanol–water partition coefficient (Wildman–Crippen LogP) is 5.49. The summed E-state index contributed by atoms with van der Waals surface area (Å²) in [6, 6.07) is 17.1. The Kier molecular flexibility index (Phi) is 14.4. The molecule has 2 N–H and O–H groups in total. The van der Waals surface area contributed by atoms with Crippen LogP contribution in [0.4, 0.5) is 11.5 Å². The minimum atomic E-state index is 0.664. The first-order chi connectivity index (χ1) is 23.7. The van der Waals surface area contributed by atoms with Gasteiger partial charge in [-0.15, -0.1) is 0 Å². The Morgan fingerprint density at radius 2 is 1.27 bits per heavy atom. The van der Waals surface area contributed by atoms with Crippen LogP contribution in [0.1, 0.15) is 66.2 Å². The maximum atomic E-state index is 4.48. The molecule has 6 saturated heterocycles. The monoisotopic (exact) mass is 661 g/mol. The van der Waals surface area contributed by atoms with Crippen molar-refractivity contribution >= 4 is 11.5 Å². The summed E-state index contributed by atoms with van der Waals surface area (Å²) < 4.78 is 0. The molecule has 48 heavy (non-hydrogen) atoms. The van der Waals surface area contributed by atoms with Crippen molar-refractivity contribution in [3.8, 4) is 0 Å². The first-order valence-electron chi connectivity index (χ1n) is 19.7. The molecule has 1 aromatic heterocycles. The lowest BCUT2D eigenvalue weighted by Gasteiger charge is -2.54. The number of aromatic nitrogens is 1. The van der Waals surface area contributed by atoms with Crippen LogP contribution in [0.2, 0.25) is 0 Å². The molecule has 1 aromatic carbocycles. The second-order valence-electron chi connectivity index (χ2n) is 14.8. The maximum absolute atomic E-state index is 4.48. The molecular formula is C40H68N8. The summed E-state index contributed by atoms with van der Waals surface area (Å²) in [4.78, 5) is 17.5. The zero-order chi connectivity index (χ0) is 33.7. The van der Waals surface area contributed by atoms with E-state index in [1.54, 1.807) is 0 Å². The number of piperidine rings is 3. The lowest BCUT2D eigenvalue weighted by atomic mass is 9.72. The van der Waals surface area contributed by atoms with Crippen molar-refractivity contribution in [1.29, 1.82) is 0 Å². The molecule has 6 fully saturated rings. The second kappa shape index (κ2) is 18.7. The van der Waals surface area contributed by atoms with Gasteiger partial charge in [-0.1, -0.05) is 52.0 Å². The Bertz CT molecular complexity index is 1120. The molecule has 7 heterocycles. The number of nitrogens with one attached hydrogen (secondary N) is 2. The Hall–Kier alpha value is -2.23. The van der Waals surface area contributed by atoms with Gasteiger partial charge in [0.25, 0.3) is 0 Å². The number of hydrogen-bond acceptors (Lipinski definition) is 8. The van der Waals surface area contributed by atoms with Crippen molar-refractivity contribution in [3.63, 3.8) is 0 Å². The molecule has 0 radical (unpaired) electrons. The SMILES string of the molecule is CC.CC.c1ccc(N2CCC(CN3CCC4(CC3)CNC4)CC2)nc1.c1ccc(N2CCN(CN3CC4(CCNCC4)C3)CC2)cc1. The standard InChI is InChI=1S/2C18H28N4.2C2H6/c1-2-8-20-17(3-1)22-9-4-16(5-10-22)13-21-11-6-18(7-12-21)14-19-15-18;1-2-4-17(5-3-1)22-12-10-20(11-13-22)16-21-14-18(15-21)6-8-19-9-7-18;2*1-2/h1-3,8,16,19H,4-7,9-15H2;1-5,19H,6-16H2;2*1-2H3. The van der Waals surface area contributed by atoms with E-state index in [1.807, 2.05) is 40.0 Å². The van der Waals surface area contributed by atoms with Crippen LogP contribution in [0.25, 0.3) is 0 Å². The van der Waals surface area contributed by atoms with E-state index in [2.05, 4.69) is 82.6 Å². The molecule has 2 aromatic rings. The van der Waals surface area contributed by atoms with Gasteiger partial charge in [-0.3, -0.25) is 9.80 Å². The third-order valence-corrected chi connectivity index (χ3v) is 11.7. The number of benzene rings is 1. The molecule has 0 saturated carbocycles. The van der Waals surface area contributed by atoms with Gasteiger partial charge in [-0.05, 0) is 106 Å². The first-order valence-corrected chi connectivity index (χ1v) is 19.7. The van der Waals surface area contributed by atoms with Gasteiger partial charge in [0, 0.05) is 83.9 Å². The summed E-state index contributed by atoms with van der Waals surface area (Å²) in [6.07, 6.45) is 10.1. The van der Waals surface area contributed by atoms with Gasteiger partial charge in [0.1, 0.15) is 5.82 Å². The average Bonchev–Trinajstić information content (AvgIpc) is 3.14. The van der Waals surface area contributed by atoms with Crippen LogP contribution < -0.4 is 20.4 Å². The van der Waals surface area contributed by atoms with Crippen LogP contribution in [0.5, 0.6) is 0 Å². The zero-order valence-corrected chi connectivity index (χ0v) is 31.0. The number of hydrogen-bond donors (Lipinski definition) is 2. The van der Waals surface area contributed by atoms with Crippen molar-refractivity contribution in [1.82, 2.24) is 30.3 Å². The van der Waals surface area contributed by atoms with Gasteiger partial charge in [0.05, 0.1) is 6.67 Å². The highest BCUT2D eigenvalue weighted by atomic mass is 15.4. The molecule has 0 unspecified atom stereocenters. The highest BCUT2D eigenvalue weighted by Gasteiger charge is 2.43. The predicted molar refractivity (Wildman–Crippen MR) is 204 cm³/mol. The number of piperazine rings is 1. The lowest BCUT2D eigenvalue weighted by molar-refractivity contribution is -0.0541. The van der Waals surface area contributed by atoms with Crippen molar-refractivity contribution in [2.24, 2.45) is 16.7 Å². The largest absolute Gasteiger partial charge is 0.369 e. The van der Waals surface area contributed by atoms with E-state index < -0.39 is 0 Å². The number of anilines is 2. The topological polar surface area (TPSA) is 53.2 Å². The lowest BCUT2D eigenvalue weighted by Crippen LogP contribution is -2.63. The summed E-state index contributed by atoms with van der Waals surface area (Å²) in [5, 5.41) is 6.95. The Morgan fingerprint density at radius 3 is 1.85 bits per heavy atom. The normalized spacial score (nSPS) is 24.2. The molecule has 0 aliphatic carbocycles. The fraction of sp³-hybridized carbons (Fsp3) is 0.725. The minimum Gasteiger partial charge on any atom is -0.369 e. The van der Waals surface area contributed by atoms with Crippen LogP contribution in [0, 0.1) is 16.7 Å². The number of nitrogens with zero attached hydrogens (tertiary/aromatic N) is 6. The van der Waals surface area contributed by atoms with E-state index in [1.165, 1.54) is 136 Å². The van der Waals surface area contributed by atoms with E-state index in [0.29, 0.717) is 10.8 Å². The Morgan fingerprint density at radius 1 is 0.625 bits per heavy atom. The van der Waals surface area contributed by atoms with E-state index in [4.69, 9.17) is 0 Å². The van der Waals surface area contributed by atoms with E-state index in [0.717, 1.165) is 24.8 Å². The van der Waals surface area contributed by atoms with Gasteiger partial charge in [-0.25, -0.2) is 4.98 Å². The molecule has 6 aliphatic rings. The quantitative estimate of drug-likeness (QED) is 0.423. The van der Waals surface area contributed by atoms with Crippen molar-refractivity contribution in [3.05, 3.63) is 54.7 Å². The van der Waals surface area contributed by atoms with Gasteiger partial charge < -0.3 is 25.3 Å². The van der Waals surface area contributed by atoms with Crippen LogP contribution in [-0.2, 0) is 0 Å². The van der Waals surface area contributed by atoms with E-state index in [-0.39, 0.29) is 0 Å². The molecule has 6 aliphatic heterocycles. The number of likely N-dealkylation sites (tertiary alicyclic amines) is 2. The molecule has 8 heteroatoms. The van der Waals surface area contributed by atoms with Crippen molar-refractivity contribution in [2.75, 3.05) is 115 Å². The molecule has 8 nitrogen and oxygen atoms in total. The van der Waals surface area contributed by atoms with Crippen LogP contribution in [0.15, 0.2) is 54.7 Å². The van der Waals surface area contributed by atoms with Gasteiger partial charge in [0.15, 0.2) is 0 Å². The molecule has 268 valence electrons. The molecule has 8 rings (SSSR count). The summed E-state index contributed by atoms with van der Waals surface area (Å²) in [5.41, 5.74) is 2.72. The fourth-order valence-electron chi connectivity index (χ4n) is 8.64. The fourth-order valence-corrected chi connectivity index (χ4v) is 8.64. The van der Waals surface area contributed by atoms with Crippen LogP contribution >= 0.6 is 0 Å². The summed E-state index contributed by atoms with van der Waals surface area (Å²) in [5.74, 6) is 2.03. The smallest absolute Gasteiger partial charge is 0.128 e. The minimum absolute atomic E-state index is 0.664. The number of rotatable bonds is 6. The summed E-state index contributed by atoms with van der Waals surface area (Å²) >= 11 is 0. The summed E-state index contributed by atoms with van der Waals surface area (Å²) in [7, 11) is 0. The Balaban J connectivity index is 0.000000170. The van der Waals surface area contributed by atoms with Crippen LogP contribution in [-0.4, -0.2) is 125 Å². The molecule has 0 atom stereocenters. The van der Waals surface area contributed by atoms with Crippen LogP contribution in [0.3, 0.4) is 0 Å². The first kappa shape index (κ1) is 37.0. The third kappa shape index (κ3) is 9.94. The Labute approximate surface area is 293 Å².